The Hall–Kier alpha value is -2.77. The van der Waals surface area contributed by atoms with Gasteiger partial charge in [0.05, 0.1) is 18.9 Å². The summed E-state index contributed by atoms with van der Waals surface area (Å²) in [4.78, 5) is 48.9. The molecule has 0 radical (unpaired) electrons. The predicted octanol–water partition coefficient (Wildman–Crippen LogP) is 0.248. The molecular weight excluding hydrogens is 445 g/mol. The number of aromatic nitrogens is 2. The Bertz CT molecular complexity index is 969. The molecule has 186 valence electrons. The van der Waals surface area contributed by atoms with E-state index >= 15 is 0 Å². The van der Waals surface area contributed by atoms with E-state index in [0.29, 0.717) is 17.4 Å². The molecule has 2 heterocycles. The first-order valence-electron chi connectivity index (χ1n) is 10.4. The summed E-state index contributed by atoms with van der Waals surface area (Å²) in [5, 5.41) is 11.7. The molecule has 1 fully saturated rings. The summed E-state index contributed by atoms with van der Waals surface area (Å²) >= 11 is 0. The standard InChI is InChI=1S/C20H30FN3O9/c1-6-30-13-7-15(32-14(13)9-25)23-8-12(21)16(26)24(19(23)29)10-31-17(27)11(2)22-18(28)33-20(3,4)5/h8,11,13-15,25H,6-7,9-10H2,1-5H3,(H,22,28)/t11-,13-,14+,15+/m0/s1. The van der Waals surface area contributed by atoms with Gasteiger partial charge in [-0.1, -0.05) is 0 Å². The lowest BCUT2D eigenvalue weighted by molar-refractivity contribution is -0.149. The number of rotatable bonds is 8. The molecule has 0 saturated carbocycles. The van der Waals surface area contributed by atoms with Gasteiger partial charge in [-0.15, -0.1) is 0 Å². The molecule has 2 rings (SSSR count). The highest BCUT2D eigenvalue weighted by molar-refractivity contribution is 5.80. The Morgan fingerprint density at radius 3 is 2.61 bits per heavy atom. The minimum Gasteiger partial charge on any atom is -0.444 e. The van der Waals surface area contributed by atoms with E-state index in [1.165, 1.54) is 6.92 Å². The number of carbonyl (C=O) groups excluding carboxylic acids is 2. The number of halogens is 1. The summed E-state index contributed by atoms with van der Waals surface area (Å²) in [6, 6.07) is -1.17. The summed E-state index contributed by atoms with van der Waals surface area (Å²) in [6.07, 6.45) is -2.30. The number of esters is 1. The van der Waals surface area contributed by atoms with Gasteiger partial charge in [0, 0.05) is 13.0 Å². The monoisotopic (exact) mass is 475 g/mol. The minimum absolute atomic E-state index is 0.132. The van der Waals surface area contributed by atoms with Crippen molar-refractivity contribution in [1.82, 2.24) is 14.5 Å². The highest BCUT2D eigenvalue weighted by Gasteiger charge is 2.37. The number of carbonyl (C=O) groups is 2. The van der Waals surface area contributed by atoms with Crippen LogP contribution in [0, 0.1) is 5.82 Å². The molecule has 2 N–H and O–H groups in total. The van der Waals surface area contributed by atoms with Gasteiger partial charge >= 0.3 is 17.8 Å². The van der Waals surface area contributed by atoms with Crippen molar-refractivity contribution in [1.29, 1.82) is 0 Å². The van der Waals surface area contributed by atoms with Crippen molar-refractivity contribution >= 4 is 12.1 Å². The lowest BCUT2D eigenvalue weighted by Gasteiger charge is -2.21. The van der Waals surface area contributed by atoms with E-state index < -0.39 is 65.9 Å². The topological polar surface area (TPSA) is 147 Å². The Labute approximate surface area is 189 Å². The minimum atomic E-state index is -1.30. The van der Waals surface area contributed by atoms with Crippen LogP contribution >= 0.6 is 0 Å². The zero-order valence-corrected chi connectivity index (χ0v) is 19.2. The molecule has 13 heteroatoms. The second-order valence-corrected chi connectivity index (χ2v) is 8.40. The van der Waals surface area contributed by atoms with Gasteiger partial charge in [-0.2, -0.15) is 4.39 Å². The van der Waals surface area contributed by atoms with Gasteiger partial charge in [-0.3, -0.25) is 9.36 Å². The molecule has 12 nitrogen and oxygen atoms in total. The molecule has 0 aliphatic carbocycles. The summed E-state index contributed by atoms with van der Waals surface area (Å²) in [6.45, 7) is 7.07. The van der Waals surface area contributed by atoms with E-state index in [1.54, 1.807) is 27.7 Å². The third-order valence-corrected chi connectivity index (χ3v) is 4.63. The second kappa shape index (κ2) is 10.9. The molecule has 0 bridgehead atoms. The SMILES string of the molecule is CCO[C@H]1C[C@H](n2cc(F)c(=O)n(COC(=O)[C@H](C)NC(=O)OC(C)(C)C)c2=O)O[C@@H]1CO. The smallest absolute Gasteiger partial charge is 0.408 e. The lowest BCUT2D eigenvalue weighted by atomic mass is 10.2. The van der Waals surface area contributed by atoms with E-state index in [0.717, 1.165) is 4.57 Å². The largest absolute Gasteiger partial charge is 0.444 e. The number of hydrogen-bond donors (Lipinski definition) is 2. The molecule has 0 unspecified atom stereocenters. The fourth-order valence-electron chi connectivity index (χ4n) is 3.13. The first kappa shape index (κ1) is 26.5. The zero-order chi connectivity index (χ0) is 24.9. The fourth-order valence-corrected chi connectivity index (χ4v) is 3.13. The van der Waals surface area contributed by atoms with E-state index in [2.05, 4.69) is 5.32 Å². The van der Waals surface area contributed by atoms with E-state index in [1.807, 2.05) is 0 Å². The van der Waals surface area contributed by atoms with Gasteiger partial charge in [-0.25, -0.2) is 19.0 Å². The fraction of sp³-hybridized carbons (Fsp3) is 0.700. The van der Waals surface area contributed by atoms with Gasteiger partial charge < -0.3 is 29.4 Å². The molecule has 1 aliphatic heterocycles. The van der Waals surface area contributed by atoms with Crippen molar-refractivity contribution in [3.63, 3.8) is 0 Å². The summed E-state index contributed by atoms with van der Waals surface area (Å²) in [5.41, 5.74) is -3.07. The highest BCUT2D eigenvalue weighted by atomic mass is 19.1. The van der Waals surface area contributed by atoms with Gasteiger partial charge in [0.25, 0.3) is 5.56 Å². The van der Waals surface area contributed by atoms with Crippen LogP contribution in [-0.4, -0.2) is 63.4 Å². The van der Waals surface area contributed by atoms with Gasteiger partial charge in [0.15, 0.2) is 6.73 Å². The van der Waals surface area contributed by atoms with Crippen molar-refractivity contribution in [3.05, 3.63) is 32.9 Å². The van der Waals surface area contributed by atoms with Gasteiger partial charge in [0.1, 0.15) is 24.0 Å². The molecular formula is C20H30FN3O9. The van der Waals surface area contributed by atoms with Crippen LogP contribution in [0.4, 0.5) is 9.18 Å². The number of nitrogens with one attached hydrogen (secondary N) is 1. The lowest BCUT2D eigenvalue weighted by Crippen LogP contribution is -2.45. The molecule has 4 atom stereocenters. The van der Waals surface area contributed by atoms with Crippen LogP contribution in [0.3, 0.4) is 0 Å². The highest BCUT2D eigenvalue weighted by Crippen LogP contribution is 2.29. The Kier molecular flexibility index (Phi) is 8.75. The Morgan fingerprint density at radius 2 is 2.03 bits per heavy atom. The predicted molar refractivity (Wildman–Crippen MR) is 111 cm³/mol. The average molecular weight is 475 g/mol. The maximum atomic E-state index is 14.3. The number of ether oxygens (including phenoxy) is 4. The molecule has 0 aromatic carbocycles. The molecule has 33 heavy (non-hydrogen) atoms. The van der Waals surface area contributed by atoms with E-state index in [9.17, 15) is 28.7 Å². The molecule has 1 aromatic heterocycles. The average Bonchev–Trinajstić information content (AvgIpc) is 3.11. The van der Waals surface area contributed by atoms with Crippen LogP contribution in [0.25, 0.3) is 0 Å². The van der Waals surface area contributed by atoms with Crippen molar-refractivity contribution in [2.24, 2.45) is 0 Å². The molecule has 0 spiro atoms. The van der Waals surface area contributed by atoms with Gasteiger partial charge in [0.2, 0.25) is 5.82 Å². The first-order valence-corrected chi connectivity index (χ1v) is 10.4. The van der Waals surface area contributed by atoms with E-state index in [4.69, 9.17) is 18.9 Å². The van der Waals surface area contributed by atoms with Crippen LogP contribution in [0.2, 0.25) is 0 Å². The van der Waals surface area contributed by atoms with Crippen LogP contribution in [-0.2, 0) is 30.5 Å². The number of amides is 1. The molecule has 1 amide bonds. The molecule has 1 aromatic rings. The van der Waals surface area contributed by atoms with E-state index in [-0.39, 0.29) is 13.0 Å². The number of nitrogens with zero attached hydrogens (tertiary/aromatic N) is 2. The van der Waals surface area contributed by atoms with Gasteiger partial charge in [-0.05, 0) is 34.6 Å². The Balaban J connectivity index is 2.14. The first-order chi connectivity index (χ1) is 15.4. The number of alkyl carbamates (subject to hydrolysis) is 1. The third kappa shape index (κ3) is 6.85. The maximum Gasteiger partial charge on any atom is 0.408 e. The van der Waals surface area contributed by atoms with Crippen LogP contribution in [0.15, 0.2) is 15.8 Å². The maximum absolute atomic E-state index is 14.3. The third-order valence-electron chi connectivity index (χ3n) is 4.63. The van der Waals surface area contributed by atoms with Crippen molar-refractivity contribution in [2.75, 3.05) is 13.2 Å². The van der Waals surface area contributed by atoms with Crippen molar-refractivity contribution in [3.8, 4) is 0 Å². The van der Waals surface area contributed by atoms with Crippen LogP contribution in [0.5, 0.6) is 0 Å². The number of hydrogen-bond acceptors (Lipinski definition) is 9. The van der Waals surface area contributed by atoms with Crippen molar-refractivity contribution < 1.29 is 38.0 Å². The normalized spacial score (nSPS) is 21.5. The van der Waals surface area contributed by atoms with Crippen LogP contribution in [0.1, 0.15) is 47.3 Å². The quantitative estimate of drug-likeness (QED) is 0.505. The molecule has 1 saturated heterocycles. The molecule has 1 aliphatic rings. The summed E-state index contributed by atoms with van der Waals surface area (Å²) in [7, 11) is 0. The Morgan fingerprint density at radius 1 is 1.36 bits per heavy atom. The van der Waals surface area contributed by atoms with Crippen LogP contribution < -0.4 is 16.6 Å². The zero-order valence-electron chi connectivity index (χ0n) is 19.2. The summed E-state index contributed by atoms with van der Waals surface area (Å²) < 4.78 is 36.5. The number of aliphatic hydroxyl groups is 1. The second-order valence-electron chi connectivity index (χ2n) is 8.40. The number of aliphatic hydroxyl groups excluding tert-OH is 1. The summed E-state index contributed by atoms with van der Waals surface area (Å²) in [5.74, 6) is -2.24. The van der Waals surface area contributed by atoms with Crippen molar-refractivity contribution in [2.45, 2.75) is 77.8 Å².